The zero-order valence-corrected chi connectivity index (χ0v) is 10.6. The molecule has 2 saturated carbocycles. The molecule has 0 radical (unpaired) electrons. The number of nitrogens with one attached hydrogen (secondary N) is 1. The van der Waals surface area contributed by atoms with Gasteiger partial charge in [-0.3, -0.25) is 0 Å². The van der Waals surface area contributed by atoms with Crippen molar-refractivity contribution >= 4 is 0 Å². The summed E-state index contributed by atoms with van der Waals surface area (Å²) in [6, 6.07) is 1.33. The molecule has 94 valence electrons. The van der Waals surface area contributed by atoms with Crippen molar-refractivity contribution in [3.63, 3.8) is 0 Å². The molecule has 0 amide bonds. The maximum Gasteiger partial charge on any atom is 0.141 e. The quantitative estimate of drug-likeness (QED) is 0.869. The largest absolute Gasteiger partial charge is 0.307 e. The highest BCUT2D eigenvalue weighted by molar-refractivity contribution is 4.91. The molecule has 17 heavy (non-hydrogen) atoms. The molecule has 0 bridgehead atoms. The van der Waals surface area contributed by atoms with E-state index >= 15 is 0 Å². The second-order valence-corrected chi connectivity index (χ2v) is 5.69. The molecule has 2 aliphatic rings. The van der Waals surface area contributed by atoms with Crippen molar-refractivity contribution in [2.24, 2.45) is 5.92 Å². The fraction of sp³-hybridized carbons (Fsp3) is 0.846. The number of nitrogens with zero attached hydrogens (tertiary/aromatic N) is 3. The van der Waals surface area contributed by atoms with Crippen molar-refractivity contribution in [3.8, 4) is 0 Å². The Kier molecular flexibility index (Phi) is 3.14. The molecule has 0 spiro atoms. The van der Waals surface area contributed by atoms with E-state index in [4.69, 9.17) is 0 Å². The maximum atomic E-state index is 4.43. The van der Waals surface area contributed by atoms with Crippen LogP contribution in [0, 0.1) is 5.92 Å². The molecular formula is C13H22N4. The van der Waals surface area contributed by atoms with Crippen molar-refractivity contribution in [1.82, 2.24) is 20.1 Å². The number of hydrogen-bond donors (Lipinski definition) is 1. The van der Waals surface area contributed by atoms with Crippen LogP contribution in [0.4, 0.5) is 0 Å². The summed E-state index contributed by atoms with van der Waals surface area (Å²) in [4.78, 5) is 4.40. The van der Waals surface area contributed by atoms with Gasteiger partial charge in [0, 0.05) is 6.04 Å². The molecule has 4 nitrogen and oxygen atoms in total. The molecule has 0 saturated heterocycles. The molecule has 1 heterocycles. The second kappa shape index (κ2) is 4.77. The highest BCUT2D eigenvalue weighted by atomic mass is 15.4. The maximum absolute atomic E-state index is 4.43. The lowest BCUT2D eigenvalue weighted by Crippen LogP contribution is -2.24. The van der Waals surface area contributed by atoms with E-state index in [1.807, 2.05) is 0 Å². The zero-order valence-electron chi connectivity index (χ0n) is 10.6. The van der Waals surface area contributed by atoms with Gasteiger partial charge in [0.05, 0.1) is 12.6 Å². The average molecular weight is 234 g/mol. The van der Waals surface area contributed by atoms with E-state index in [0.29, 0.717) is 6.04 Å². The summed E-state index contributed by atoms with van der Waals surface area (Å²) >= 11 is 0. The van der Waals surface area contributed by atoms with E-state index in [9.17, 15) is 0 Å². The molecule has 4 heteroatoms. The lowest BCUT2D eigenvalue weighted by molar-refractivity contribution is 0.267. The van der Waals surface area contributed by atoms with Gasteiger partial charge in [-0.05, 0) is 44.4 Å². The van der Waals surface area contributed by atoms with Gasteiger partial charge < -0.3 is 5.32 Å². The van der Waals surface area contributed by atoms with Gasteiger partial charge in [-0.15, -0.1) is 0 Å². The molecule has 2 fully saturated rings. The topological polar surface area (TPSA) is 42.7 Å². The van der Waals surface area contributed by atoms with Crippen LogP contribution in [0.2, 0.25) is 0 Å². The van der Waals surface area contributed by atoms with Crippen LogP contribution in [-0.4, -0.2) is 20.8 Å². The normalized spacial score (nSPS) is 29.5. The summed E-state index contributed by atoms with van der Waals surface area (Å²) in [6.07, 6.45) is 9.56. The number of rotatable bonds is 4. The number of hydrogen-bond acceptors (Lipinski definition) is 3. The minimum Gasteiger partial charge on any atom is -0.307 e. The Bertz CT molecular complexity index is 361. The van der Waals surface area contributed by atoms with Crippen molar-refractivity contribution in [3.05, 3.63) is 12.2 Å². The second-order valence-electron chi connectivity index (χ2n) is 5.69. The Morgan fingerprint density at radius 3 is 2.71 bits per heavy atom. The van der Waals surface area contributed by atoms with Crippen molar-refractivity contribution in [2.75, 3.05) is 0 Å². The van der Waals surface area contributed by atoms with Gasteiger partial charge in [-0.1, -0.05) is 6.92 Å². The first-order chi connectivity index (χ1) is 8.33. The SMILES string of the molecule is CC1CCC(n2ncnc2CNC2CC2)CC1. The summed E-state index contributed by atoms with van der Waals surface area (Å²) in [6.45, 7) is 3.24. The summed E-state index contributed by atoms with van der Waals surface area (Å²) < 4.78 is 2.17. The van der Waals surface area contributed by atoms with E-state index < -0.39 is 0 Å². The molecule has 0 unspecified atom stereocenters. The van der Waals surface area contributed by atoms with Crippen LogP contribution < -0.4 is 5.32 Å². The first-order valence-electron chi connectivity index (χ1n) is 6.94. The van der Waals surface area contributed by atoms with Gasteiger partial charge >= 0.3 is 0 Å². The van der Waals surface area contributed by atoms with Crippen LogP contribution in [-0.2, 0) is 6.54 Å². The third-order valence-electron chi connectivity index (χ3n) is 4.10. The Hall–Kier alpha value is -0.900. The van der Waals surface area contributed by atoms with E-state index in [0.717, 1.165) is 24.3 Å². The van der Waals surface area contributed by atoms with Crippen molar-refractivity contribution in [1.29, 1.82) is 0 Å². The molecule has 1 aromatic rings. The summed E-state index contributed by atoms with van der Waals surface area (Å²) in [5, 5.41) is 7.95. The smallest absolute Gasteiger partial charge is 0.141 e. The third kappa shape index (κ3) is 2.68. The van der Waals surface area contributed by atoms with Gasteiger partial charge in [-0.2, -0.15) is 5.10 Å². The Morgan fingerprint density at radius 1 is 1.24 bits per heavy atom. The van der Waals surface area contributed by atoms with Gasteiger partial charge in [0.1, 0.15) is 12.2 Å². The molecule has 0 aliphatic heterocycles. The zero-order chi connectivity index (χ0) is 11.7. The van der Waals surface area contributed by atoms with Crippen molar-refractivity contribution < 1.29 is 0 Å². The van der Waals surface area contributed by atoms with Crippen LogP contribution in [0.25, 0.3) is 0 Å². The van der Waals surface area contributed by atoms with E-state index in [2.05, 4.69) is 27.0 Å². The fourth-order valence-electron chi connectivity index (χ4n) is 2.72. The molecule has 0 atom stereocenters. The lowest BCUT2D eigenvalue weighted by atomic mass is 9.87. The highest BCUT2D eigenvalue weighted by Gasteiger charge is 2.24. The molecule has 2 aliphatic carbocycles. The predicted molar refractivity (Wildman–Crippen MR) is 66.6 cm³/mol. The summed E-state index contributed by atoms with van der Waals surface area (Å²) in [5.41, 5.74) is 0. The summed E-state index contributed by atoms with van der Waals surface area (Å²) in [5.74, 6) is 2.01. The number of aromatic nitrogens is 3. The first-order valence-corrected chi connectivity index (χ1v) is 6.94. The van der Waals surface area contributed by atoms with E-state index in [1.54, 1.807) is 6.33 Å². The minimum atomic E-state index is 0.588. The molecular weight excluding hydrogens is 212 g/mol. The van der Waals surface area contributed by atoms with Crippen LogP contribution in [0.15, 0.2) is 6.33 Å². The predicted octanol–water partition coefficient (Wildman–Crippen LogP) is 2.28. The fourth-order valence-corrected chi connectivity index (χ4v) is 2.72. The first kappa shape index (κ1) is 11.2. The molecule has 3 rings (SSSR count). The van der Waals surface area contributed by atoms with E-state index in [-0.39, 0.29) is 0 Å². The van der Waals surface area contributed by atoms with Crippen molar-refractivity contribution in [2.45, 2.75) is 64.1 Å². The van der Waals surface area contributed by atoms with Crippen LogP contribution in [0.5, 0.6) is 0 Å². The van der Waals surface area contributed by atoms with Gasteiger partial charge in [0.25, 0.3) is 0 Å². The lowest BCUT2D eigenvalue weighted by Gasteiger charge is -2.27. The summed E-state index contributed by atoms with van der Waals surface area (Å²) in [7, 11) is 0. The minimum absolute atomic E-state index is 0.588. The molecule has 1 aromatic heterocycles. The van der Waals surface area contributed by atoms with Gasteiger partial charge in [0.2, 0.25) is 0 Å². The van der Waals surface area contributed by atoms with Gasteiger partial charge in [0.15, 0.2) is 0 Å². The average Bonchev–Trinajstić information content (AvgIpc) is 3.06. The molecule has 1 N–H and O–H groups in total. The Labute approximate surface area is 103 Å². The monoisotopic (exact) mass is 234 g/mol. The Balaban J connectivity index is 1.62. The van der Waals surface area contributed by atoms with Crippen LogP contribution in [0.3, 0.4) is 0 Å². The highest BCUT2D eigenvalue weighted by Crippen LogP contribution is 2.31. The Morgan fingerprint density at radius 2 is 2.00 bits per heavy atom. The van der Waals surface area contributed by atoms with Gasteiger partial charge in [-0.25, -0.2) is 9.67 Å². The van der Waals surface area contributed by atoms with E-state index in [1.165, 1.54) is 38.5 Å². The van der Waals surface area contributed by atoms with Crippen LogP contribution >= 0.6 is 0 Å². The third-order valence-corrected chi connectivity index (χ3v) is 4.10. The standard InChI is InChI=1S/C13H22N4/c1-10-2-6-12(7-3-10)17-13(15-9-16-17)8-14-11-4-5-11/h9-12,14H,2-8H2,1H3. The molecule has 0 aromatic carbocycles. The van der Waals surface area contributed by atoms with Crippen LogP contribution in [0.1, 0.15) is 57.3 Å².